The number of carbonyl (C=O) groups is 1. The summed E-state index contributed by atoms with van der Waals surface area (Å²) >= 11 is 1.46. The Morgan fingerprint density at radius 1 is 1.12 bits per heavy atom. The Labute approximate surface area is 146 Å². The number of thiazole rings is 1. The number of fused-ring (bicyclic) bond motifs is 1. The lowest BCUT2D eigenvalue weighted by Crippen LogP contribution is -2.05. The largest absolute Gasteiger partial charge is 0.470 e. The number of nitrogens with zero attached hydrogens (tertiary/aromatic N) is 1. The number of ketones is 1. The fourth-order valence-electron chi connectivity index (χ4n) is 2.68. The highest BCUT2D eigenvalue weighted by molar-refractivity contribution is 7.20. The number of aromatic nitrogens is 1. The van der Waals surface area contributed by atoms with E-state index in [2.05, 4.69) is 11.9 Å². The predicted octanol–water partition coefficient (Wildman–Crippen LogP) is 5.32. The molecule has 124 valence electrons. The minimum Gasteiger partial charge on any atom is -0.470 e. The molecule has 3 rings (SSSR count). The Bertz CT molecular complexity index is 882. The first-order chi connectivity index (χ1) is 11.6. The molecule has 0 fully saturated rings. The van der Waals surface area contributed by atoms with Gasteiger partial charge in [-0.3, -0.25) is 4.79 Å². The van der Waals surface area contributed by atoms with Gasteiger partial charge < -0.3 is 4.74 Å². The van der Waals surface area contributed by atoms with Crippen LogP contribution in [0.3, 0.4) is 0 Å². The van der Waals surface area contributed by atoms with E-state index >= 15 is 0 Å². The van der Waals surface area contributed by atoms with Gasteiger partial charge in [0.05, 0.1) is 16.8 Å². The van der Waals surface area contributed by atoms with Gasteiger partial charge in [-0.1, -0.05) is 55.0 Å². The minimum absolute atomic E-state index is 0.0555. The van der Waals surface area contributed by atoms with Gasteiger partial charge in [-0.15, -0.1) is 0 Å². The molecule has 0 radical (unpaired) electrons. The summed E-state index contributed by atoms with van der Waals surface area (Å²) in [5.74, 6) is 0.0555. The Hall–Kier alpha value is -2.20. The summed E-state index contributed by atoms with van der Waals surface area (Å²) in [5.41, 5.74) is 4.27. The number of carbonyl (C=O) groups excluding carboxylic acids is 1. The number of hydrogen-bond acceptors (Lipinski definition) is 4. The summed E-state index contributed by atoms with van der Waals surface area (Å²) in [4.78, 5) is 17.6. The highest BCUT2D eigenvalue weighted by Gasteiger charge is 2.19. The molecule has 3 aromatic rings. The number of benzene rings is 2. The van der Waals surface area contributed by atoms with Crippen molar-refractivity contribution < 1.29 is 9.53 Å². The Morgan fingerprint density at radius 3 is 2.67 bits per heavy atom. The molecule has 0 amide bonds. The monoisotopic (exact) mass is 339 g/mol. The van der Waals surface area contributed by atoms with Crippen LogP contribution in [-0.2, 0) is 0 Å². The molecule has 0 saturated heterocycles. The molecule has 0 aliphatic rings. The molecule has 0 atom stereocenters. The Morgan fingerprint density at radius 2 is 1.92 bits per heavy atom. The standard InChI is InChI=1S/C20H21NO2S/c1-4-5-12-23-20-21-16-11-10-14(3)17(19(16)24-20)18(22)15-9-7-6-8-13(15)2/h6-11H,4-5,12H2,1-3H3. The average molecular weight is 339 g/mol. The van der Waals surface area contributed by atoms with Crippen LogP contribution in [0.1, 0.15) is 46.8 Å². The smallest absolute Gasteiger partial charge is 0.274 e. The van der Waals surface area contributed by atoms with Crippen molar-refractivity contribution in [2.75, 3.05) is 6.61 Å². The predicted molar refractivity (Wildman–Crippen MR) is 99.4 cm³/mol. The third-order valence-corrected chi connectivity index (χ3v) is 5.09. The van der Waals surface area contributed by atoms with E-state index in [1.807, 2.05) is 50.2 Å². The highest BCUT2D eigenvalue weighted by atomic mass is 32.1. The number of ether oxygens (including phenoxy) is 1. The topological polar surface area (TPSA) is 39.2 Å². The van der Waals surface area contributed by atoms with Crippen LogP contribution in [-0.4, -0.2) is 17.4 Å². The summed E-state index contributed by atoms with van der Waals surface area (Å²) in [6.07, 6.45) is 2.09. The lowest BCUT2D eigenvalue weighted by molar-refractivity contribution is 0.103. The van der Waals surface area contributed by atoms with Crippen LogP contribution >= 0.6 is 11.3 Å². The lowest BCUT2D eigenvalue weighted by atomic mass is 9.96. The van der Waals surface area contributed by atoms with Gasteiger partial charge in [0, 0.05) is 11.1 Å². The highest BCUT2D eigenvalue weighted by Crippen LogP contribution is 2.34. The summed E-state index contributed by atoms with van der Waals surface area (Å²) in [5, 5.41) is 0.642. The maximum Gasteiger partial charge on any atom is 0.274 e. The fourth-order valence-corrected chi connectivity index (χ4v) is 3.71. The molecule has 1 heterocycles. The van der Waals surface area contributed by atoms with Gasteiger partial charge in [-0.05, 0) is 37.5 Å². The second-order valence-corrected chi connectivity index (χ2v) is 6.89. The number of rotatable bonds is 6. The summed E-state index contributed by atoms with van der Waals surface area (Å²) in [6.45, 7) is 6.73. The van der Waals surface area contributed by atoms with E-state index in [0.29, 0.717) is 11.8 Å². The number of unbranched alkanes of at least 4 members (excludes halogenated alkanes) is 1. The number of hydrogen-bond donors (Lipinski definition) is 0. The van der Waals surface area contributed by atoms with E-state index in [0.717, 1.165) is 45.3 Å². The zero-order chi connectivity index (χ0) is 17.1. The normalized spacial score (nSPS) is 11.0. The first kappa shape index (κ1) is 16.7. The molecular formula is C20H21NO2S. The van der Waals surface area contributed by atoms with Crippen molar-refractivity contribution in [3.63, 3.8) is 0 Å². The van der Waals surface area contributed by atoms with Crippen molar-refractivity contribution in [3.8, 4) is 5.19 Å². The molecular weight excluding hydrogens is 318 g/mol. The maximum absolute atomic E-state index is 13.1. The minimum atomic E-state index is 0.0555. The SMILES string of the molecule is CCCCOc1nc2ccc(C)c(C(=O)c3ccccc3C)c2s1. The van der Waals surface area contributed by atoms with Crippen LogP contribution in [0.5, 0.6) is 5.19 Å². The van der Waals surface area contributed by atoms with Crippen LogP contribution in [0.2, 0.25) is 0 Å². The van der Waals surface area contributed by atoms with Crippen molar-refractivity contribution in [1.82, 2.24) is 4.98 Å². The van der Waals surface area contributed by atoms with E-state index in [-0.39, 0.29) is 5.78 Å². The van der Waals surface area contributed by atoms with E-state index in [9.17, 15) is 4.79 Å². The van der Waals surface area contributed by atoms with Crippen molar-refractivity contribution >= 4 is 27.3 Å². The van der Waals surface area contributed by atoms with Gasteiger partial charge in [0.2, 0.25) is 0 Å². The van der Waals surface area contributed by atoms with Crippen molar-refractivity contribution in [2.24, 2.45) is 0 Å². The van der Waals surface area contributed by atoms with Gasteiger partial charge in [0.15, 0.2) is 5.78 Å². The molecule has 0 bridgehead atoms. The molecule has 0 unspecified atom stereocenters. The molecule has 0 aliphatic carbocycles. The Kier molecular flexibility index (Phi) is 4.95. The second-order valence-electron chi connectivity index (χ2n) is 5.93. The maximum atomic E-state index is 13.1. The van der Waals surface area contributed by atoms with E-state index in [1.54, 1.807) is 0 Å². The van der Waals surface area contributed by atoms with Crippen LogP contribution in [0.4, 0.5) is 0 Å². The number of aryl methyl sites for hydroxylation is 2. The molecule has 0 spiro atoms. The fraction of sp³-hybridized carbons (Fsp3) is 0.300. The molecule has 0 saturated carbocycles. The van der Waals surface area contributed by atoms with E-state index in [4.69, 9.17) is 4.74 Å². The lowest BCUT2D eigenvalue weighted by Gasteiger charge is -2.08. The van der Waals surface area contributed by atoms with Crippen LogP contribution in [0.15, 0.2) is 36.4 Å². The third kappa shape index (κ3) is 3.20. The van der Waals surface area contributed by atoms with Crippen LogP contribution in [0.25, 0.3) is 10.2 Å². The van der Waals surface area contributed by atoms with Crippen LogP contribution < -0.4 is 4.74 Å². The third-order valence-electron chi connectivity index (χ3n) is 4.09. The van der Waals surface area contributed by atoms with Gasteiger partial charge in [0.1, 0.15) is 0 Å². The van der Waals surface area contributed by atoms with Gasteiger partial charge in [-0.25, -0.2) is 4.98 Å². The zero-order valence-electron chi connectivity index (χ0n) is 14.3. The molecule has 2 aromatic carbocycles. The summed E-state index contributed by atoms with van der Waals surface area (Å²) in [6, 6.07) is 11.6. The van der Waals surface area contributed by atoms with E-state index in [1.165, 1.54) is 11.3 Å². The molecule has 24 heavy (non-hydrogen) atoms. The van der Waals surface area contributed by atoms with Crippen molar-refractivity contribution in [3.05, 3.63) is 58.7 Å². The quantitative estimate of drug-likeness (QED) is 0.450. The second kappa shape index (κ2) is 7.14. The van der Waals surface area contributed by atoms with Gasteiger partial charge in [-0.2, -0.15) is 0 Å². The molecule has 4 heteroatoms. The van der Waals surface area contributed by atoms with Crippen molar-refractivity contribution in [1.29, 1.82) is 0 Å². The first-order valence-corrected chi connectivity index (χ1v) is 9.06. The van der Waals surface area contributed by atoms with Crippen molar-refractivity contribution in [2.45, 2.75) is 33.6 Å². The van der Waals surface area contributed by atoms with Crippen LogP contribution in [0, 0.1) is 13.8 Å². The summed E-state index contributed by atoms with van der Waals surface area (Å²) in [7, 11) is 0. The van der Waals surface area contributed by atoms with Gasteiger partial charge in [0.25, 0.3) is 5.19 Å². The summed E-state index contributed by atoms with van der Waals surface area (Å²) < 4.78 is 6.64. The molecule has 1 aromatic heterocycles. The molecule has 3 nitrogen and oxygen atoms in total. The first-order valence-electron chi connectivity index (χ1n) is 8.25. The Balaban J connectivity index is 2.05. The average Bonchev–Trinajstić information content (AvgIpc) is 2.98. The zero-order valence-corrected chi connectivity index (χ0v) is 15.1. The molecule has 0 aliphatic heterocycles. The molecule has 0 N–H and O–H groups in total. The van der Waals surface area contributed by atoms with Gasteiger partial charge >= 0.3 is 0 Å². The van der Waals surface area contributed by atoms with E-state index < -0.39 is 0 Å².